The Labute approximate surface area is 203 Å². The van der Waals surface area contributed by atoms with E-state index in [0.717, 1.165) is 5.52 Å². The number of phosphoric ester groups is 1. The average molecular weight is 510 g/mol. The van der Waals surface area contributed by atoms with Crippen LogP contribution in [0.3, 0.4) is 0 Å². The number of aryl methyl sites for hydroxylation is 2. The lowest BCUT2D eigenvalue weighted by Gasteiger charge is -2.15. The van der Waals surface area contributed by atoms with Crippen LogP contribution in [0.5, 0.6) is 0 Å². The minimum Gasteiger partial charge on any atom is -0.350 e. The first-order valence-corrected chi connectivity index (χ1v) is 12.1. The van der Waals surface area contributed by atoms with Crippen LogP contribution in [0.1, 0.15) is 11.1 Å². The van der Waals surface area contributed by atoms with Crippen molar-refractivity contribution in [3.8, 4) is 0 Å². The van der Waals surface area contributed by atoms with Gasteiger partial charge in [-0.05, 0) is 12.1 Å². The summed E-state index contributed by atoms with van der Waals surface area (Å²) in [7, 11) is -1.51. The van der Waals surface area contributed by atoms with Crippen molar-refractivity contribution in [2.24, 2.45) is 14.1 Å². The van der Waals surface area contributed by atoms with Crippen molar-refractivity contribution < 1.29 is 33.4 Å². The molecule has 0 fully saturated rings. The van der Waals surface area contributed by atoms with Gasteiger partial charge in [-0.3, -0.25) is 24.2 Å². The lowest BCUT2D eigenvalue weighted by Crippen LogP contribution is -2.33. The van der Waals surface area contributed by atoms with E-state index in [-0.39, 0.29) is 22.4 Å². The summed E-state index contributed by atoms with van der Waals surface area (Å²) >= 11 is 0. The molecule has 36 heavy (non-hydrogen) atoms. The number of carbonyl (C=O) groups excluding carboxylic acids is 2. The molecule has 0 saturated heterocycles. The van der Waals surface area contributed by atoms with Crippen LogP contribution in [-0.4, -0.2) is 47.3 Å². The fraction of sp³-hybridized carbons (Fsp3) is 0.130. The third-order valence-electron chi connectivity index (χ3n) is 6.14. The van der Waals surface area contributed by atoms with Crippen molar-refractivity contribution in [2.75, 3.05) is 6.73 Å². The Morgan fingerprint density at radius 1 is 0.917 bits per heavy atom. The summed E-state index contributed by atoms with van der Waals surface area (Å²) in [5.41, 5.74) is 1.85. The van der Waals surface area contributed by atoms with Gasteiger partial charge in [0.15, 0.2) is 0 Å². The number of carbonyl (C=O) groups is 2. The first kappa shape index (κ1) is 23.6. The van der Waals surface area contributed by atoms with Crippen molar-refractivity contribution in [3.63, 3.8) is 0 Å². The van der Waals surface area contributed by atoms with Crippen LogP contribution in [0.4, 0.5) is 5.69 Å². The van der Waals surface area contributed by atoms with Crippen molar-refractivity contribution in [1.82, 2.24) is 14.0 Å². The number of benzene rings is 2. The van der Waals surface area contributed by atoms with Gasteiger partial charge in [-0.15, -0.1) is 0 Å². The molecular formula is C23H19N4O8P. The number of phosphoric acid groups is 1. The Balaban J connectivity index is 1.80. The predicted molar refractivity (Wildman–Crippen MR) is 129 cm³/mol. The second-order valence-electron chi connectivity index (χ2n) is 8.32. The standard InChI is InChI=1S/C23H19N4O8P/c1-24-10-16(14-5-3-4-6-18(14)24)20-21(23(29)26(22(20)28)12-35-36(32,33)34)17-11-25(2)19-8-7-13(27(30)31)9-15(17)19/h3-11H,12H2,1-2H3,(H2,32,33,34). The van der Waals surface area contributed by atoms with E-state index in [2.05, 4.69) is 4.52 Å². The molecule has 0 radical (unpaired) electrons. The van der Waals surface area contributed by atoms with Gasteiger partial charge >= 0.3 is 7.82 Å². The molecule has 0 atom stereocenters. The Bertz CT molecular complexity index is 1690. The molecule has 0 saturated carbocycles. The number of fused-ring (bicyclic) bond motifs is 2. The fourth-order valence-electron chi connectivity index (χ4n) is 4.56. The lowest BCUT2D eigenvalue weighted by molar-refractivity contribution is -0.384. The molecule has 1 aliphatic rings. The van der Waals surface area contributed by atoms with Gasteiger partial charge in [0.2, 0.25) is 0 Å². The number of para-hydroxylation sites is 1. The van der Waals surface area contributed by atoms with E-state index in [0.29, 0.717) is 26.8 Å². The topological polar surface area (TPSA) is 157 Å². The molecule has 0 aliphatic carbocycles. The van der Waals surface area contributed by atoms with E-state index < -0.39 is 31.3 Å². The monoisotopic (exact) mass is 510 g/mol. The number of amides is 2. The smallest absolute Gasteiger partial charge is 0.350 e. The van der Waals surface area contributed by atoms with Gasteiger partial charge < -0.3 is 18.9 Å². The van der Waals surface area contributed by atoms with Crippen LogP contribution in [0.25, 0.3) is 33.0 Å². The van der Waals surface area contributed by atoms with E-state index in [1.54, 1.807) is 53.8 Å². The number of hydrogen-bond donors (Lipinski definition) is 2. The molecule has 2 N–H and O–H groups in total. The summed E-state index contributed by atoms with van der Waals surface area (Å²) in [5.74, 6) is -1.64. The molecular weight excluding hydrogens is 491 g/mol. The second kappa shape index (κ2) is 8.25. The van der Waals surface area contributed by atoms with Crippen molar-refractivity contribution >= 4 is 58.3 Å². The zero-order chi connectivity index (χ0) is 25.9. The SMILES string of the molecule is Cn1cc(C2=C(c3cn(C)c4ccc([N+](=O)[O-])cc34)C(=O)N(COP(=O)(O)O)C2=O)c2ccccc21. The van der Waals surface area contributed by atoms with Crippen LogP contribution in [0, 0.1) is 10.1 Å². The minimum absolute atomic E-state index is 0.00474. The minimum atomic E-state index is -4.99. The average Bonchev–Trinajstić information content (AvgIpc) is 3.41. The lowest BCUT2D eigenvalue weighted by atomic mass is 9.95. The number of nitrogens with zero attached hydrogens (tertiary/aromatic N) is 4. The highest BCUT2D eigenvalue weighted by Crippen LogP contribution is 2.43. The molecule has 4 aromatic rings. The van der Waals surface area contributed by atoms with E-state index in [4.69, 9.17) is 9.79 Å². The number of nitro benzene ring substituents is 1. The summed E-state index contributed by atoms with van der Waals surface area (Å²) in [6.07, 6.45) is 3.28. The summed E-state index contributed by atoms with van der Waals surface area (Å²) in [6.45, 7) is -0.968. The van der Waals surface area contributed by atoms with E-state index in [9.17, 15) is 24.3 Å². The summed E-state index contributed by atoms with van der Waals surface area (Å²) in [5, 5.41) is 12.5. The van der Waals surface area contributed by atoms with Gasteiger partial charge in [0.05, 0.1) is 16.1 Å². The zero-order valence-electron chi connectivity index (χ0n) is 19.0. The van der Waals surface area contributed by atoms with Gasteiger partial charge in [0.25, 0.3) is 17.5 Å². The van der Waals surface area contributed by atoms with Crippen LogP contribution in [0.15, 0.2) is 54.9 Å². The highest BCUT2D eigenvalue weighted by atomic mass is 31.2. The molecule has 0 spiro atoms. The fourth-order valence-corrected chi connectivity index (χ4v) is 4.83. The Hall–Kier alpha value is -4.09. The molecule has 12 nitrogen and oxygen atoms in total. The predicted octanol–water partition coefficient (Wildman–Crippen LogP) is 2.92. The van der Waals surface area contributed by atoms with Crippen LogP contribution in [-0.2, 0) is 32.8 Å². The molecule has 2 aromatic carbocycles. The molecule has 184 valence electrons. The molecule has 5 rings (SSSR count). The van der Waals surface area contributed by atoms with Gasteiger partial charge in [-0.25, -0.2) is 9.46 Å². The summed E-state index contributed by atoms with van der Waals surface area (Å²) in [6, 6.07) is 11.5. The number of non-ortho nitro benzene ring substituents is 1. The van der Waals surface area contributed by atoms with Gasteiger partial charge in [-0.1, -0.05) is 18.2 Å². The normalized spacial score (nSPS) is 14.6. The maximum absolute atomic E-state index is 13.6. The maximum Gasteiger partial charge on any atom is 0.471 e. The molecule has 2 amide bonds. The molecule has 0 unspecified atom stereocenters. The second-order valence-corrected chi connectivity index (χ2v) is 9.56. The highest BCUT2D eigenvalue weighted by molar-refractivity contribution is 7.46. The summed E-state index contributed by atoms with van der Waals surface area (Å²) in [4.78, 5) is 56.9. The Morgan fingerprint density at radius 2 is 1.47 bits per heavy atom. The van der Waals surface area contributed by atoms with Crippen LogP contribution in [0.2, 0.25) is 0 Å². The number of aromatic nitrogens is 2. The number of nitro groups is 1. The first-order valence-electron chi connectivity index (χ1n) is 10.6. The zero-order valence-corrected chi connectivity index (χ0v) is 19.9. The van der Waals surface area contributed by atoms with E-state index in [1.807, 2.05) is 12.1 Å². The quantitative estimate of drug-likeness (QED) is 0.174. The van der Waals surface area contributed by atoms with Crippen molar-refractivity contribution in [3.05, 3.63) is 76.1 Å². The first-order chi connectivity index (χ1) is 17.0. The van der Waals surface area contributed by atoms with Crippen LogP contribution < -0.4 is 0 Å². The van der Waals surface area contributed by atoms with E-state index >= 15 is 0 Å². The number of hydrogen-bond acceptors (Lipinski definition) is 6. The van der Waals surface area contributed by atoms with Gasteiger partial charge in [0.1, 0.15) is 6.73 Å². The Kier molecular flexibility index (Phi) is 5.42. The maximum atomic E-state index is 13.6. The molecule has 3 heterocycles. The van der Waals surface area contributed by atoms with Crippen LogP contribution >= 0.6 is 7.82 Å². The third kappa shape index (κ3) is 3.73. The Morgan fingerprint density at radius 3 is 2.06 bits per heavy atom. The van der Waals surface area contributed by atoms with Crippen molar-refractivity contribution in [1.29, 1.82) is 0 Å². The molecule has 13 heteroatoms. The molecule has 2 aromatic heterocycles. The largest absolute Gasteiger partial charge is 0.471 e. The molecule has 1 aliphatic heterocycles. The van der Waals surface area contributed by atoms with Gasteiger partial charge in [-0.2, -0.15) is 0 Å². The molecule has 0 bridgehead atoms. The number of imide groups is 1. The third-order valence-corrected chi connectivity index (χ3v) is 6.59. The number of rotatable bonds is 6. The summed E-state index contributed by atoms with van der Waals surface area (Å²) < 4.78 is 19.2. The van der Waals surface area contributed by atoms with E-state index in [1.165, 1.54) is 12.1 Å². The van der Waals surface area contributed by atoms with Crippen molar-refractivity contribution in [2.45, 2.75) is 0 Å². The highest BCUT2D eigenvalue weighted by Gasteiger charge is 2.42. The van der Waals surface area contributed by atoms with Gasteiger partial charge in [0, 0.05) is 71.6 Å².